The molecule has 4 fully saturated rings. The van der Waals surface area contributed by atoms with Gasteiger partial charge in [0.1, 0.15) is 0 Å². The van der Waals surface area contributed by atoms with E-state index in [-0.39, 0.29) is 28.9 Å². The number of hydrogen-bond acceptors (Lipinski definition) is 0. The van der Waals surface area contributed by atoms with Crippen LogP contribution >= 0.6 is 17.0 Å². The molecule has 0 spiro atoms. The molecule has 2 atom stereocenters. The molecule has 6 aliphatic carbocycles. The number of hydrogen-bond donors (Lipinski definition) is 0. The minimum absolute atomic E-state index is 0.123. The Bertz CT molecular complexity index is 1740. The molecule has 307 valence electrons. The van der Waals surface area contributed by atoms with E-state index in [1.54, 1.807) is 33.4 Å². The molecular weight excluding hydrogens is 815 g/mol. The van der Waals surface area contributed by atoms with Gasteiger partial charge in [-0.25, -0.2) is 0 Å². The SMILES string of the molecule is CC1CCC(C)(C2=Cc3cccc(C4(C)CCC(C)CC4)c3[CH]2[Zr]([Cl])([Cl])([CH]2C(C3(C)CCC(C)CC3)=Cc3cccc(C4(C)CCC(C)CC4)c32)[SiH](C)C)CC1. The van der Waals surface area contributed by atoms with Crippen molar-refractivity contribution in [2.24, 2.45) is 34.5 Å². The van der Waals surface area contributed by atoms with E-state index in [1.807, 2.05) is 0 Å². The molecule has 0 aliphatic heterocycles. The zero-order valence-electron chi connectivity index (χ0n) is 37.2. The molecule has 4 heteroatoms. The van der Waals surface area contributed by atoms with Crippen molar-refractivity contribution in [3.05, 3.63) is 80.9 Å². The summed E-state index contributed by atoms with van der Waals surface area (Å²) in [5.74, 6) is 1.47. The van der Waals surface area contributed by atoms with Gasteiger partial charge in [0.05, 0.1) is 0 Å². The molecule has 0 bridgehead atoms. The molecule has 0 N–H and O–H groups in total. The summed E-state index contributed by atoms with van der Waals surface area (Å²) in [6.45, 7) is 25.7. The van der Waals surface area contributed by atoms with Crippen LogP contribution in [0.1, 0.15) is 199 Å². The van der Waals surface area contributed by atoms with Gasteiger partial charge in [-0.1, -0.05) is 0 Å². The van der Waals surface area contributed by atoms with Gasteiger partial charge in [-0.15, -0.1) is 0 Å². The summed E-state index contributed by atoms with van der Waals surface area (Å²) in [5, 5.41) is 0. The van der Waals surface area contributed by atoms with E-state index in [9.17, 15) is 17.0 Å². The van der Waals surface area contributed by atoms with E-state index in [1.165, 1.54) is 114 Å². The van der Waals surface area contributed by atoms with Gasteiger partial charge >= 0.3 is 355 Å². The van der Waals surface area contributed by atoms with Gasteiger partial charge in [0.15, 0.2) is 0 Å². The van der Waals surface area contributed by atoms with E-state index < -0.39 is 21.5 Å². The summed E-state index contributed by atoms with van der Waals surface area (Å²) in [5.41, 5.74) is 13.3. The molecule has 0 heterocycles. The minimum atomic E-state index is -5.17. The van der Waals surface area contributed by atoms with Gasteiger partial charge in [0.2, 0.25) is 0 Å². The average molecular weight is 892 g/mol. The van der Waals surface area contributed by atoms with Crippen molar-refractivity contribution in [1.29, 1.82) is 0 Å². The fraction of sp³-hybridized carbons (Fsp3) is 0.692. The zero-order chi connectivity index (χ0) is 40.1. The van der Waals surface area contributed by atoms with Crippen LogP contribution < -0.4 is 0 Å². The van der Waals surface area contributed by atoms with Crippen LogP contribution in [0, 0.1) is 34.5 Å². The van der Waals surface area contributed by atoms with Gasteiger partial charge < -0.3 is 0 Å². The Labute approximate surface area is 352 Å². The van der Waals surface area contributed by atoms with Crippen LogP contribution in [0.25, 0.3) is 12.2 Å². The Morgan fingerprint density at radius 1 is 0.482 bits per heavy atom. The quantitative estimate of drug-likeness (QED) is 0.243. The van der Waals surface area contributed by atoms with E-state index >= 15 is 0 Å². The second kappa shape index (κ2) is 14.9. The van der Waals surface area contributed by atoms with E-state index in [4.69, 9.17) is 0 Å². The molecule has 0 radical (unpaired) electrons. The Morgan fingerprint density at radius 2 is 0.768 bits per heavy atom. The molecule has 4 saturated carbocycles. The first-order chi connectivity index (χ1) is 26.3. The third-order valence-electron chi connectivity index (χ3n) is 18.5. The van der Waals surface area contributed by atoms with Gasteiger partial charge in [0.25, 0.3) is 0 Å². The summed E-state index contributed by atoms with van der Waals surface area (Å²) in [6, 6.07) is 14.9. The Morgan fingerprint density at radius 3 is 1.05 bits per heavy atom. The predicted molar refractivity (Wildman–Crippen MR) is 246 cm³/mol. The van der Waals surface area contributed by atoms with Crippen molar-refractivity contribution in [3.8, 4) is 0 Å². The van der Waals surface area contributed by atoms with Crippen molar-refractivity contribution in [1.82, 2.24) is 0 Å². The predicted octanol–water partition coefficient (Wildman–Crippen LogP) is 16.6. The van der Waals surface area contributed by atoms with Crippen molar-refractivity contribution in [3.63, 3.8) is 0 Å². The third kappa shape index (κ3) is 6.81. The van der Waals surface area contributed by atoms with E-state index in [2.05, 4.69) is 117 Å². The first kappa shape index (κ1) is 42.3. The van der Waals surface area contributed by atoms with Crippen LogP contribution in [-0.2, 0) is 26.4 Å². The molecule has 0 amide bonds. The molecule has 0 aromatic heterocycles. The van der Waals surface area contributed by atoms with Crippen LogP contribution in [0.5, 0.6) is 0 Å². The zero-order valence-corrected chi connectivity index (χ0v) is 42.4. The molecule has 6 aliphatic rings. The fourth-order valence-electron chi connectivity index (χ4n) is 13.7. The summed E-state index contributed by atoms with van der Waals surface area (Å²) in [4.78, 5) is 0. The molecule has 56 heavy (non-hydrogen) atoms. The van der Waals surface area contributed by atoms with Gasteiger partial charge in [0, 0.05) is 0 Å². The summed E-state index contributed by atoms with van der Waals surface area (Å²) >= 11 is -5.17. The van der Waals surface area contributed by atoms with Crippen molar-refractivity contribution in [2.45, 2.75) is 189 Å². The molecule has 2 aromatic rings. The van der Waals surface area contributed by atoms with Crippen LogP contribution in [0.3, 0.4) is 0 Å². The topological polar surface area (TPSA) is 0 Å². The van der Waals surface area contributed by atoms with Gasteiger partial charge in [-0.2, -0.15) is 0 Å². The van der Waals surface area contributed by atoms with Gasteiger partial charge in [-0.3, -0.25) is 0 Å². The monoisotopic (exact) mass is 889 g/mol. The molecule has 2 aromatic carbocycles. The van der Waals surface area contributed by atoms with Crippen LogP contribution in [0.4, 0.5) is 0 Å². The second-order valence-corrected chi connectivity index (χ2v) is 65.5. The fourth-order valence-corrected chi connectivity index (χ4v) is 44.4. The summed E-state index contributed by atoms with van der Waals surface area (Å²) in [6.07, 6.45) is 26.1. The van der Waals surface area contributed by atoms with Crippen molar-refractivity contribution in [2.75, 3.05) is 0 Å². The second-order valence-electron chi connectivity index (χ2n) is 23.0. The normalized spacial score (nSPS) is 39.7. The molecule has 8 rings (SSSR count). The van der Waals surface area contributed by atoms with Crippen molar-refractivity contribution >= 4 is 35.1 Å². The van der Waals surface area contributed by atoms with E-state index in [0.29, 0.717) is 0 Å². The number of allylic oxidation sites excluding steroid dienone is 2. The first-order valence-electron chi connectivity index (χ1n) is 23.6. The number of halogens is 2. The Balaban J connectivity index is 1.41. The van der Waals surface area contributed by atoms with Crippen LogP contribution in [0.2, 0.25) is 13.1 Å². The van der Waals surface area contributed by atoms with Crippen LogP contribution in [-0.4, -0.2) is 5.92 Å². The number of rotatable bonds is 7. The Kier molecular flexibility index (Phi) is 11.3. The van der Waals surface area contributed by atoms with Gasteiger partial charge in [-0.05, 0) is 0 Å². The average Bonchev–Trinajstić information content (AvgIpc) is 3.79. The number of benzene rings is 2. The maximum absolute atomic E-state index is 9.52. The van der Waals surface area contributed by atoms with E-state index in [0.717, 1.165) is 23.7 Å². The summed E-state index contributed by atoms with van der Waals surface area (Å²) in [7, 11) is 19.0. The standard InChI is InChI=1S/2C25H35.C2H7Si.2ClH.Zr/c2*1-18-8-12-24(3,13-9-18)21-16-20-6-5-7-23(22(20)17-21)25(4)14-10-19(2)11-15-25;1-3-2;;;/h2*5-7,16-19H,8-15H2,1-4H3;3H,1-2H3;2*1H;/q;;;;;+2/p-2. The van der Waals surface area contributed by atoms with Crippen molar-refractivity contribution < 1.29 is 15.6 Å². The maximum atomic E-state index is 9.52. The number of fused-ring (bicyclic) bond motifs is 2. The first-order valence-corrected chi connectivity index (χ1v) is 39.9. The summed E-state index contributed by atoms with van der Waals surface area (Å²) < 4.78 is 0.342. The third-order valence-corrected chi connectivity index (χ3v) is 70.0. The molecule has 0 nitrogen and oxygen atoms in total. The molecule has 2 unspecified atom stereocenters. The van der Waals surface area contributed by atoms with Crippen LogP contribution in [0.15, 0.2) is 47.5 Å². The molecule has 0 saturated heterocycles. The molecular formula is C52H77Cl2SiZr. The Hall–Kier alpha value is -0.400.